The lowest BCUT2D eigenvalue weighted by molar-refractivity contribution is 0.411. The van der Waals surface area contributed by atoms with E-state index in [1.54, 1.807) is 11.8 Å². The highest BCUT2D eigenvalue weighted by Gasteiger charge is 2.07. The Bertz CT molecular complexity index is 548. The van der Waals surface area contributed by atoms with Gasteiger partial charge in [0.15, 0.2) is 5.82 Å². The zero-order valence-corrected chi connectivity index (χ0v) is 11.0. The molecule has 1 aromatic carbocycles. The van der Waals surface area contributed by atoms with E-state index in [9.17, 15) is 0 Å². The van der Waals surface area contributed by atoms with E-state index in [1.807, 2.05) is 26.1 Å². The monoisotopic (exact) mass is 246 g/mol. The topological polar surface area (TPSA) is 66.0 Å². The van der Waals surface area contributed by atoms with Crippen LogP contribution in [0, 0.1) is 6.92 Å². The molecule has 18 heavy (non-hydrogen) atoms. The first-order chi connectivity index (χ1) is 8.63. The number of benzene rings is 1. The fourth-order valence-electron chi connectivity index (χ4n) is 1.96. The van der Waals surface area contributed by atoms with E-state index < -0.39 is 0 Å². The van der Waals surface area contributed by atoms with Crippen LogP contribution in [0.4, 0.5) is 0 Å². The Kier molecular flexibility index (Phi) is 3.62. The number of aryl methyl sites for hydroxylation is 2. The van der Waals surface area contributed by atoms with Gasteiger partial charge in [0.2, 0.25) is 0 Å². The highest BCUT2D eigenvalue weighted by atomic mass is 16.5. The van der Waals surface area contributed by atoms with Crippen molar-refractivity contribution >= 4 is 0 Å². The largest absolute Gasteiger partial charge is 0.496 e. The van der Waals surface area contributed by atoms with Crippen LogP contribution in [0.25, 0.3) is 0 Å². The lowest BCUT2D eigenvalue weighted by Crippen LogP contribution is -2.05. The second-order valence-electron chi connectivity index (χ2n) is 4.25. The van der Waals surface area contributed by atoms with Gasteiger partial charge in [-0.1, -0.05) is 12.1 Å². The Morgan fingerprint density at radius 2 is 2.17 bits per heavy atom. The molecule has 96 valence electrons. The molecule has 0 bridgehead atoms. The molecular weight excluding hydrogens is 228 g/mol. The molecule has 0 radical (unpaired) electrons. The number of aromatic nitrogens is 3. The standard InChI is InChI=1S/C13H18N4O/c1-9-6-10(4-5-11(9)18-3)7-12-15-13(8-14)17(2)16-12/h4-6H,7-8,14H2,1-3H3. The van der Waals surface area contributed by atoms with Gasteiger partial charge in [0.05, 0.1) is 13.7 Å². The van der Waals surface area contributed by atoms with Gasteiger partial charge in [-0.25, -0.2) is 4.98 Å². The van der Waals surface area contributed by atoms with Crippen LogP contribution in [0.15, 0.2) is 18.2 Å². The van der Waals surface area contributed by atoms with Gasteiger partial charge in [0, 0.05) is 13.5 Å². The number of nitrogens with two attached hydrogens (primary N) is 1. The van der Waals surface area contributed by atoms with Crippen LogP contribution in [0.1, 0.15) is 22.8 Å². The molecule has 0 unspecified atom stereocenters. The minimum atomic E-state index is 0.408. The molecule has 5 heteroatoms. The minimum absolute atomic E-state index is 0.408. The van der Waals surface area contributed by atoms with Crippen molar-refractivity contribution in [1.82, 2.24) is 14.8 Å². The molecule has 1 aromatic heterocycles. The summed E-state index contributed by atoms with van der Waals surface area (Å²) < 4.78 is 6.97. The Hall–Kier alpha value is -1.88. The molecule has 0 aliphatic heterocycles. The highest BCUT2D eigenvalue weighted by Crippen LogP contribution is 2.19. The Morgan fingerprint density at radius 3 is 2.72 bits per heavy atom. The summed E-state index contributed by atoms with van der Waals surface area (Å²) in [6, 6.07) is 6.10. The third-order valence-corrected chi connectivity index (χ3v) is 2.90. The van der Waals surface area contributed by atoms with Crippen molar-refractivity contribution < 1.29 is 4.74 Å². The summed E-state index contributed by atoms with van der Waals surface area (Å²) >= 11 is 0. The molecule has 0 aliphatic carbocycles. The van der Waals surface area contributed by atoms with Crippen molar-refractivity contribution in [2.45, 2.75) is 19.9 Å². The van der Waals surface area contributed by atoms with E-state index in [4.69, 9.17) is 10.5 Å². The van der Waals surface area contributed by atoms with Crippen molar-refractivity contribution in [2.75, 3.05) is 7.11 Å². The first kappa shape index (κ1) is 12.6. The van der Waals surface area contributed by atoms with Crippen LogP contribution >= 0.6 is 0 Å². The molecule has 0 spiro atoms. The van der Waals surface area contributed by atoms with Gasteiger partial charge in [-0.05, 0) is 24.1 Å². The van der Waals surface area contributed by atoms with Crippen LogP contribution in [0.5, 0.6) is 5.75 Å². The lowest BCUT2D eigenvalue weighted by atomic mass is 10.1. The van der Waals surface area contributed by atoms with E-state index in [0.29, 0.717) is 13.0 Å². The van der Waals surface area contributed by atoms with Crippen LogP contribution < -0.4 is 10.5 Å². The summed E-state index contributed by atoms with van der Waals surface area (Å²) in [7, 11) is 3.54. The predicted octanol–water partition coefficient (Wildman–Crippen LogP) is 1.18. The zero-order chi connectivity index (χ0) is 13.1. The second kappa shape index (κ2) is 5.18. The molecule has 0 amide bonds. The highest BCUT2D eigenvalue weighted by molar-refractivity contribution is 5.37. The number of hydrogen-bond acceptors (Lipinski definition) is 4. The first-order valence-electron chi connectivity index (χ1n) is 5.86. The van der Waals surface area contributed by atoms with Gasteiger partial charge in [-0.2, -0.15) is 5.10 Å². The van der Waals surface area contributed by atoms with Gasteiger partial charge in [0.1, 0.15) is 11.6 Å². The quantitative estimate of drug-likeness (QED) is 0.879. The smallest absolute Gasteiger partial charge is 0.155 e. The average Bonchev–Trinajstić information content (AvgIpc) is 2.69. The summed E-state index contributed by atoms with van der Waals surface area (Å²) in [6.45, 7) is 2.44. The van der Waals surface area contributed by atoms with Crippen molar-refractivity contribution in [3.05, 3.63) is 41.0 Å². The van der Waals surface area contributed by atoms with Crippen molar-refractivity contribution in [1.29, 1.82) is 0 Å². The fraction of sp³-hybridized carbons (Fsp3) is 0.385. The third kappa shape index (κ3) is 2.51. The number of ether oxygens (including phenoxy) is 1. The van der Waals surface area contributed by atoms with Crippen LogP contribution in [0.3, 0.4) is 0 Å². The van der Waals surface area contributed by atoms with Crippen LogP contribution in [-0.2, 0) is 20.0 Å². The van der Waals surface area contributed by atoms with Gasteiger partial charge in [-0.15, -0.1) is 0 Å². The summed E-state index contributed by atoms with van der Waals surface area (Å²) in [6.07, 6.45) is 0.707. The predicted molar refractivity (Wildman–Crippen MR) is 69.4 cm³/mol. The molecule has 5 nitrogen and oxygen atoms in total. The van der Waals surface area contributed by atoms with Gasteiger partial charge in [-0.3, -0.25) is 4.68 Å². The van der Waals surface area contributed by atoms with E-state index in [1.165, 1.54) is 5.56 Å². The molecular formula is C13H18N4O. The molecule has 2 rings (SSSR count). The first-order valence-corrected chi connectivity index (χ1v) is 5.86. The van der Waals surface area contributed by atoms with Crippen molar-refractivity contribution in [3.63, 3.8) is 0 Å². The van der Waals surface area contributed by atoms with E-state index in [0.717, 1.165) is 23.0 Å². The second-order valence-corrected chi connectivity index (χ2v) is 4.25. The minimum Gasteiger partial charge on any atom is -0.496 e. The number of nitrogens with zero attached hydrogens (tertiary/aromatic N) is 3. The number of rotatable bonds is 4. The molecule has 0 atom stereocenters. The maximum Gasteiger partial charge on any atom is 0.155 e. The summed E-state index contributed by atoms with van der Waals surface area (Å²) in [5.74, 6) is 2.49. The normalized spacial score (nSPS) is 10.7. The average molecular weight is 246 g/mol. The van der Waals surface area contributed by atoms with Crippen LogP contribution in [0.2, 0.25) is 0 Å². The molecule has 0 saturated heterocycles. The van der Waals surface area contributed by atoms with Crippen molar-refractivity contribution in [2.24, 2.45) is 12.8 Å². The Labute approximate surface area is 107 Å². The molecule has 2 N–H and O–H groups in total. The SMILES string of the molecule is COc1ccc(Cc2nc(CN)n(C)n2)cc1C. The lowest BCUT2D eigenvalue weighted by Gasteiger charge is -2.05. The molecule has 2 aromatic rings. The number of methoxy groups -OCH3 is 1. The Morgan fingerprint density at radius 1 is 1.39 bits per heavy atom. The molecule has 0 fully saturated rings. The number of hydrogen-bond donors (Lipinski definition) is 1. The molecule has 0 saturated carbocycles. The fourth-order valence-corrected chi connectivity index (χ4v) is 1.96. The van der Waals surface area contributed by atoms with Gasteiger partial charge in [0.25, 0.3) is 0 Å². The van der Waals surface area contributed by atoms with Gasteiger partial charge < -0.3 is 10.5 Å². The molecule has 1 heterocycles. The Balaban J connectivity index is 2.20. The van der Waals surface area contributed by atoms with E-state index >= 15 is 0 Å². The summed E-state index contributed by atoms with van der Waals surface area (Å²) in [5, 5.41) is 4.34. The maximum atomic E-state index is 5.58. The van der Waals surface area contributed by atoms with E-state index in [-0.39, 0.29) is 0 Å². The van der Waals surface area contributed by atoms with Crippen molar-refractivity contribution in [3.8, 4) is 5.75 Å². The maximum absolute atomic E-state index is 5.58. The summed E-state index contributed by atoms with van der Waals surface area (Å²) in [5.41, 5.74) is 7.86. The molecule has 0 aliphatic rings. The third-order valence-electron chi connectivity index (χ3n) is 2.90. The zero-order valence-electron chi connectivity index (χ0n) is 11.0. The van der Waals surface area contributed by atoms with E-state index in [2.05, 4.69) is 16.1 Å². The van der Waals surface area contributed by atoms with Gasteiger partial charge >= 0.3 is 0 Å². The van der Waals surface area contributed by atoms with Crippen LogP contribution in [-0.4, -0.2) is 21.9 Å². The summed E-state index contributed by atoms with van der Waals surface area (Å²) in [4.78, 5) is 4.39.